The Labute approximate surface area is 357 Å². The number of likely N-dealkylation sites (N-methyl/N-ethyl adjacent to an activating group) is 1. The highest BCUT2D eigenvalue weighted by Gasteiger charge is 2.34. The fourth-order valence-electron chi connectivity index (χ4n) is 7.35. The van der Waals surface area contributed by atoms with Gasteiger partial charge in [0.15, 0.2) is 0 Å². The van der Waals surface area contributed by atoms with Gasteiger partial charge in [-0.1, -0.05) is 53.7 Å². The maximum atomic E-state index is 14.8. The van der Waals surface area contributed by atoms with E-state index >= 15 is 0 Å². The Bertz CT molecular complexity index is 2340. The van der Waals surface area contributed by atoms with E-state index in [2.05, 4.69) is 30.9 Å². The summed E-state index contributed by atoms with van der Waals surface area (Å²) in [6.07, 6.45) is 7.55. The molecule has 60 heavy (non-hydrogen) atoms. The van der Waals surface area contributed by atoms with Crippen LogP contribution in [0, 0.1) is 0 Å². The number of fused-ring (bicyclic) bond motifs is 3. The molecule has 0 fully saturated rings. The van der Waals surface area contributed by atoms with Crippen molar-refractivity contribution in [3.63, 3.8) is 0 Å². The lowest BCUT2D eigenvalue weighted by atomic mass is 9.97. The summed E-state index contributed by atoms with van der Waals surface area (Å²) >= 11 is 8.26. The number of nitrogens with zero attached hydrogens (tertiary/aromatic N) is 3. The number of nitrogens with one attached hydrogen (secondary N) is 4. The molecule has 3 heterocycles. The van der Waals surface area contributed by atoms with E-state index in [1.165, 1.54) is 29.8 Å². The monoisotopic (exact) mass is 855 g/mol. The van der Waals surface area contributed by atoms with Crippen LogP contribution in [0.4, 0.5) is 0 Å². The number of para-hydroxylation sites is 1. The Balaban J connectivity index is 1.50. The molecule has 3 amide bonds. The summed E-state index contributed by atoms with van der Waals surface area (Å²) in [7, 11) is 2.98. The van der Waals surface area contributed by atoms with Gasteiger partial charge >= 0.3 is 5.97 Å². The van der Waals surface area contributed by atoms with Gasteiger partial charge in [-0.05, 0) is 91.7 Å². The number of rotatable bonds is 12. The van der Waals surface area contributed by atoms with E-state index in [9.17, 15) is 24.3 Å². The van der Waals surface area contributed by atoms with Gasteiger partial charge < -0.3 is 47.1 Å². The van der Waals surface area contributed by atoms with E-state index < -0.39 is 35.9 Å². The third-order valence-electron chi connectivity index (χ3n) is 10.6. The number of unbranched alkanes of at least 4 members (excludes halogenated alkanes) is 1. The second-order valence-corrected chi connectivity index (χ2v) is 15.9. The summed E-state index contributed by atoms with van der Waals surface area (Å²) in [4.78, 5) is 70.0. The van der Waals surface area contributed by atoms with Gasteiger partial charge in [-0.25, -0.2) is 9.78 Å². The molecule has 0 radical (unpaired) electrons. The molecule has 0 bridgehead atoms. The number of carboxylic acid groups (broad SMARTS) is 1. The molecule has 316 valence electrons. The molecule has 3 atom stereocenters. The number of aromatic nitrogens is 3. The number of hydrogen-bond acceptors (Lipinski definition) is 11. The van der Waals surface area contributed by atoms with Crippen molar-refractivity contribution >= 4 is 58.0 Å². The zero-order valence-corrected chi connectivity index (χ0v) is 35.1. The summed E-state index contributed by atoms with van der Waals surface area (Å²) in [6.45, 7) is 0.873. The van der Waals surface area contributed by atoms with Gasteiger partial charge in [0.1, 0.15) is 28.4 Å². The Morgan fingerprint density at radius 1 is 0.967 bits per heavy atom. The molecule has 0 spiro atoms. The van der Waals surface area contributed by atoms with Crippen molar-refractivity contribution in [1.29, 1.82) is 0 Å². The number of aromatic carboxylic acids is 1. The van der Waals surface area contributed by atoms with Crippen LogP contribution in [0.2, 0.25) is 5.02 Å². The molecule has 3 aromatic carbocycles. The van der Waals surface area contributed by atoms with Crippen LogP contribution in [-0.4, -0.2) is 94.0 Å². The van der Waals surface area contributed by atoms with Crippen LogP contribution >= 0.6 is 23.4 Å². The van der Waals surface area contributed by atoms with Crippen LogP contribution in [0.5, 0.6) is 5.75 Å². The minimum atomic E-state index is -1.14. The second kappa shape index (κ2) is 20.6. The van der Waals surface area contributed by atoms with Gasteiger partial charge in [0.25, 0.3) is 0 Å². The number of ether oxygens (including phenoxy) is 1. The molecular weight excluding hydrogens is 806 g/mol. The molecule has 6 rings (SSSR count). The largest absolute Gasteiger partial charge is 0.496 e. The number of aromatic amines is 1. The van der Waals surface area contributed by atoms with E-state index in [0.29, 0.717) is 82.5 Å². The predicted molar refractivity (Wildman–Crippen MR) is 231 cm³/mol. The van der Waals surface area contributed by atoms with Gasteiger partial charge in [-0.2, -0.15) is 0 Å². The van der Waals surface area contributed by atoms with E-state index in [1.54, 1.807) is 43.7 Å². The molecule has 0 saturated heterocycles. The molecule has 0 saturated carbocycles. The number of halogens is 1. The first-order valence-electron chi connectivity index (χ1n) is 19.8. The molecule has 0 aliphatic carbocycles. The van der Waals surface area contributed by atoms with Crippen molar-refractivity contribution < 1.29 is 29.0 Å². The SMILES string of the molecule is COc1cc(-c2ccc(Cl)c3c2CNC(=O)[C@H](Cc2c[nH]c4ccccc24)N(C)C(=O)[C@H](CCCCN)NC(=O)[C@H](CCCN)NCc2nccnc2S3)ccc1C(=O)O. The molecule has 5 aromatic rings. The molecular formula is C43H50ClN9O6S. The fourth-order valence-corrected chi connectivity index (χ4v) is 8.66. The number of methoxy groups -OCH3 is 1. The first-order valence-corrected chi connectivity index (χ1v) is 21.0. The first-order chi connectivity index (χ1) is 29.0. The van der Waals surface area contributed by atoms with E-state index in [-0.39, 0.29) is 36.7 Å². The summed E-state index contributed by atoms with van der Waals surface area (Å²) in [5.41, 5.74) is 15.8. The Kier molecular flexibility index (Phi) is 15.1. The minimum absolute atomic E-state index is 0.0133. The zero-order valence-electron chi connectivity index (χ0n) is 33.5. The van der Waals surface area contributed by atoms with Crippen molar-refractivity contribution in [3.05, 3.63) is 101 Å². The third kappa shape index (κ3) is 10.3. The Morgan fingerprint density at radius 3 is 2.50 bits per heavy atom. The number of carbonyl (C=O) groups excluding carboxylic acids is 3. The van der Waals surface area contributed by atoms with E-state index in [4.69, 9.17) is 27.8 Å². The Morgan fingerprint density at radius 2 is 1.73 bits per heavy atom. The van der Waals surface area contributed by atoms with Crippen molar-refractivity contribution in [2.24, 2.45) is 11.5 Å². The van der Waals surface area contributed by atoms with Crippen LogP contribution in [0.1, 0.15) is 59.3 Å². The second-order valence-electron chi connectivity index (χ2n) is 14.5. The van der Waals surface area contributed by atoms with Gasteiger partial charge in [-0.3, -0.25) is 19.4 Å². The maximum Gasteiger partial charge on any atom is 0.339 e. The van der Waals surface area contributed by atoms with Crippen molar-refractivity contribution in [3.8, 4) is 16.9 Å². The topological polar surface area (TPSA) is 231 Å². The lowest BCUT2D eigenvalue weighted by Gasteiger charge is -2.32. The Hall–Kier alpha value is -5.52. The summed E-state index contributed by atoms with van der Waals surface area (Å²) in [6, 6.07) is 13.3. The average molecular weight is 856 g/mol. The number of nitrogens with two attached hydrogens (primary N) is 2. The van der Waals surface area contributed by atoms with Crippen LogP contribution in [-0.2, 0) is 33.9 Å². The number of benzene rings is 3. The van der Waals surface area contributed by atoms with Gasteiger partial charge in [0.2, 0.25) is 17.7 Å². The summed E-state index contributed by atoms with van der Waals surface area (Å²) in [5.74, 6) is -2.25. The molecule has 0 unspecified atom stereocenters. The maximum absolute atomic E-state index is 14.8. The van der Waals surface area contributed by atoms with Crippen LogP contribution in [0.25, 0.3) is 22.0 Å². The van der Waals surface area contributed by atoms with Gasteiger partial charge in [0.05, 0.1) is 23.9 Å². The number of carbonyl (C=O) groups is 4. The zero-order chi connectivity index (χ0) is 42.8. The average Bonchev–Trinajstić information content (AvgIpc) is 3.67. The lowest BCUT2D eigenvalue weighted by molar-refractivity contribution is -0.142. The molecule has 9 N–H and O–H groups in total. The summed E-state index contributed by atoms with van der Waals surface area (Å²) in [5, 5.41) is 21.1. The standard InChI is InChI=1S/C43H50ClN9O6S/c1-53-36(20-26-22-49-32-9-4-3-8-28(26)32)40(55)51-23-30-27(25-12-13-29(43(57)58)37(21-25)59-2)14-15-31(44)38(30)60-41-35(47-18-19-48-41)24-50-33(11-7-17-46)39(54)52-34(42(53)56)10-5-6-16-45/h3-4,8-9,12-15,18-19,21-22,33-34,36,49-50H,5-7,10-11,16-17,20,23-24,45-46H2,1-2H3,(H,51,55)(H,52,54)(H,57,58)/t33-,34-,36-/m0/s1. The van der Waals surface area contributed by atoms with E-state index in [0.717, 1.165) is 16.5 Å². The van der Waals surface area contributed by atoms with Crippen molar-refractivity contribution in [2.75, 3.05) is 27.2 Å². The molecule has 15 nitrogen and oxygen atoms in total. The first kappa shape index (κ1) is 44.0. The molecule has 1 aliphatic heterocycles. The van der Waals surface area contributed by atoms with Crippen molar-refractivity contribution in [1.82, 2.24) is 35.8 Å². The fraction of sp³-hybridized carbons (Fsp3) is 0.349. The van der Waals surface area contributed by atoms with Gasteiger partial charge in [-0.15, -0.1) is 0 Å². The third-order valence-corrected chi connectivity index (χ3v) is 12.3. The molecule has 1 aliphatic rings. The molecule has 2 aromatic heterocycles. The number of hydrogen-bond donors (Lipinski definition) is 7. The normalized spacial score (nSPS) is 18.0. The number of carboxylic acids is 1. The minimum Gasteiger partial charge on any atom is -0.496 e. The van der Waals surface area contributed by atoms with Crippen LogP contribution in [0.15, 0.2) is 83.1 Å². The van der Waals surface area contributed by atoms with Crippen LogP contribution in [0.3, 0.4) is 0 Å². The highest BCUT2D eigenvalue weighted by Crippen LogP contribution is 2.42. The number of amides is 3. The van der Waals surface area contributed by atoms with Gasteiger partial charge in [0, 0.05) is 60.9 Å². The lowest BCUT2D eigenvalue weighted by Crippen LogP contribution is -2.57. The highest BCUT2D eigenvalue weighted by molar-refractivity contribution is 7.99. The smallest absolute Gasteiger partial charge is 0.339 e. The summed E-state index contributed by atoms with van der Waals surface area (Å²) < 4.78 is 5.48. The molecule has 17 heteroatoms. The highest BCUT2D eigenvalue weighted by atomic mass is 35.5. The van der Waals surface area contributed by atoms with Crippen molar-refractivity contribution in [2.45, 2.75) is 79.7 Å². The van der Waals surface area contributed by atoms with Crippen LogP contribution < -0.4 is 32.2 Å². The van der Waals surface area contributed by atoms with E-state index in [1.807, 2.05) is 30.5 Å². The predicted octanol–water partition coefficient (Wildman–Crippen LogP) is 4.65. The number of H-pyrrole nitrogens is 1. The quantitative estimate of drug-likeness (QED) is 0.0851.